The first-order chi connectivity index (χ1) is 10.3. The first-order valence-electron chi connectivity index (χ1n) is 9.96. The van der Waals surface area contributed by atoms with Crippen LogP contribution in [0.1, 0.15) is 117 Å². The van der Waals surface area contributed by atoms with Crippen LogP contribution in [-0.4, -0.2) is 22.7 Å². The summed E-state index contributed by atoms with van der Waals surface area (Å²) in [6.45, 7) is 4.95. The lowest BCUT2D eigenvalue weighted by Crippen LogP contribution is -2.06. The Kier molecular flexibility index (Phi) is 23.5. The van der Waals surface area contributed by atoms with Crippen molar-refractivity contribution >= 4 is 11.0 Å². The fourth-order valence-corrected chi connectivity index (χ4v) is 3.11. The molecule has 0 saturated carbocycles. The van der Waals surface area contributed by atoms with E-state index in [4.69, 9.17) is 0 Å². The normalized spacial score (nSPS) is 12.1. The maximum absolute atomic E-state index is 9.47. The second-order valence-corrected chi connectivity index (χ2v) is 6.87. The standard InChI is InChI=1S/C20H42O.H4Si/c1-3-5-7-9-11-12-14-16-18-20(19-21)17-15-13-10-8-6-4-2;/h20-21H,3-19H2,1-2H3;1H4. The highest BCUT2D eigenvalue weighted by Crippen LogP contribution is 2.18. The van der Waals surface area contributed by atoms with E-state index < -0.39 is 0 Å². The fraction of sp³-hybridized carbons (Fsp3) is 1.00. The van der Waals surface area contributed by atoms with Crippen LogP contribution in [-0.2, 0) is 0 Å². The third kappa shape index (κ3) is 18.2. The third-order valence-electron chi connectivity index (χ3n) is 4.69. The van der Waals surface area contributed by atoms with Gasteiger partial charge in [0.15, 0.2) is 0 Å². The molecule has 0 spiro atoms. The van der Waals surface area contributed by atoms with Crippen LogP contribution in [0, 0.1) is 5.92 Å². The molecule has 0 aromatic carbocycles. The Morgan fingerprint density at radius 1 is 0.545 bits per heavy atom. The molecule has 0 saturated heterocycles. The van der Waals surface area contributed by atoms with Crippen LogP contribution in [0.4, 0.5) is 0 Å². The Morgan fingerprint density at radius 3 is 1.18 bits per heavy atom. The first-order valence-corrected chi connectivity index (χ1v) is 9.96. The average Bonchev–Trinajstić information content (AvgIpc) is 2.51. The van der Waals surface area contributed by atoms with Crippen LogP contribution >= 0.6 is 0 Å². The number of hydrogen-bond acceptors (Lipinski definition) is 1. The van der Waals surface area contributed by atoms with Gasteiger partial charge in [-0.3, -0.25) is 0 Å². The van der Waals surface area contributed by atoms with Gasteiger partial charge in [0.05, 0.1) is 0 Å². The van der Waals surface area contributed by atoms with E-state index in [1.54, 1.807) is 0 Å². The molecule has 0 aromatic rings. The molecule has 0 fully saturated rings. The van der Waals surface area contributed by atoms with Crippen molar-refractivity contribution in [3.8, 4) is 0 Å². The highest BCUT2D eigenvalue weighted by atomic mass is 28.1. The van der Waals surface area contributed by atoms with Gasteiger partial charge in [-0.25, -0.2) is 0 Å². The minimum Gasteiger partial charge on any atom is -0.396 e. The second-order valence-electron chi connectivity index (χ2n) is 6.87. The van der Waals surface area contributed by atoms with Gasteiger partial charge in [0.1, 0.15) is 0 Å². The van der Waals surface area contributed by atoms with Crippen molar-refractivity contribution in [3.63, 3.8) is 0 Å². The summed E-state index contributed by atoms with van der Waals surface area (Å²) in [7, 11) is 0. The lowest BCUT2D eigenvalue weighted by molar-refractivity contribution is 0.204. The van der Waals surface area contributed by atoms with Crippen molar-refractivity contribution in [1.29, 1.82) is 0 Å². The summed E-state index contributed by atoms with van der Waals surface area (Å²) >= 11 is 0. The predicted molar refractivity (Wildman–Crippen MR) is 107 cm³/mol. The zero-order valence-electron chi connectivity index (χ0n) is 15.0. The fourth-order valence-electron chi connectivity index (χ4n) is 3.11. The van der Waals surface area contributed by atoms with Crippen LogP contribution < -0.4 is 0 Å². The Hall–Kier alpha value is 0.177. The molecule has 0 bridgehead atoms. The van der Waals surface area contributed by atoms with Gasteiger partial charge in [0.25, 0.3) is 0 Å². The van der Waals surface area contributed by atoms with E-state index in [9.17, 15) is 5.11 Å². The molecule has 0 aliphatic heterocycles. The van der Waals surface area contributed by atoms with Gasteiger partial charge in [-0.1, -0.05) is 104 Å². The molecule has 136 valence electrons. The van der Waals surface area contributed by atoms with E-state index in [1.165, 1.54) is 103 Å². The largest absolute Gasteiger partial charge is 0.396 e. The van der Waals surface area contributed by atoms with Crippen LogP contribution in [0.15, 0.2) is 0 Å². The minimum absolute atomic E-state index is 0. The molecule has 1 atom stereocenters. The summed E-state index contributed by atoms with van der Waals surface area (Å²) < 4.78 is 0. The number of aliphatic hydroxyl groups excluding tert-OH is 1. The monoisotopic (exact) mass is 330 g/mol. The molecule has 0 aromatic heterocycles. The number of rotatable bonds is 17. The van der Waals surface area contributed by atoms with Crippen molar-refractivity contribution in [2.45, 2.75) is 117 Å². The molecule has 2 heteroatoms. The average molecular weight is 331 g/mol. The van der Waals surface area contributed by atoms with E-state index >= 15 is 0 Å². The van der Waals surface area contributed by atoms with Crippen LogP contribution in [0.5, 0.6) is 0 Å². The second kappa shape index (κ2) is 21.2. The molecule has 22 heavy (non-hydrogen) atoms. The molecule has 0 aliphatic rings. The lowest BCUT2D eigenvalue weighted by Gasteiger charge is -2.13. The van der Waals surface area contributed by atoms with Crippen LogP contribution in [0.25, 0.3) is 0 Å². The van der Waals surface area contributed by atoms with Crippen molar-refractivity contribution in [2.24, 2.45) is 5.92 Å². The molecule has 0 aliphatic carbocycles. The highest BCUT2D eigenvalue weighted by Gasteiger charge is 2.06. The van der Waals surface area contributed by atoms with E-state index in [0.29, 0.717) is 12.5 Å². The summed E-state index contributed by atoms with van der Waals surface area (Å²) in [4.78, 5) is 0. The molecule has 1 nitrogen and oxygen atoms in total. The Bertz CT molecular complexity index is 185. The predicted octanol–water partition coefficient (Wildman–Crippen LogP) is 5.42. The number of unbranched alkanes of at least 4 members (excludes halogenated alkanes) is 12. The third-order valence-corrected chi connectivity index (χ3v) is 4.69. The molecule has 0 amide bonds. The molecule has 1 unspecified atom stereocenters. The summed E-state index contributed by atoms with van der Waals surface area (Å²) in [5.74, 6) is 0.580. The van der Waals surface area contributed by atoms with E-state index in [-0.39, 0.29) is 11.0 Å². The van der Waals surface area contributed by atoms with Crippen molar-refractivity contribution in [2.75, 3.05) is 6.61 Å². The summed E-state index contributed by atoms with van der Waals surface area (Å²) in [5, 5.41) is 9.47. The molecular weight excluding hydrogens is 284 g/mol. The van der Waals surface area contributed by atoms with Crippen molar-refractivity contribution in [1.82, 2.24) is 0 Å². The topological polar surface area (TPSA) is 20.2 Å². The van der Waals surface area contributed by atoms with Gasteiger partial charge < -0.3 is 5.11 Å². The summed E-state index contributed by atoms with van der Waals surface area (Å²) in [6, 6.07) is 0. The Balaban J connectivity index is 0. The van der Waals surface area contributed by atoms with Gasteiger partial charge in [0.2, 0.25) is 0 Å². The Morgan fingerprint density at radius 2 is 0.864 bits per heavy atom. The summed E-state index contributed by atoms with van der Waals surface area (Å²) in [6.07, 6.45) is 21.8. The van der Waals surface area contributed by atoms with Crippen LogP contribution in [0.3, 0.4) is 0 Å². The van der Waals surface area contributed by atoms with E-state index in [2.05, 4.69) is 13.8 Å². The molecular formula is C20H46OSi. The van der Waals surface area contributed by atoms with Gasteiger partial charge in [0, 0.05) is 6.61 Å². The number of aliphatic hydroxyl groups is 1. The Labute approximate surface area is 145 Å². The molecule has 1 N–H and O–H groups in total. The van der Waals surface area contributed by atoms with E-state index in [0.717, 1.165) is 0 Å². The SMILES string of the molecule is CCCCCCCCCCC(CO)CCCCCCCC.[SiH4]. The quantitative estimate of drug-likeness (QED) is 0.279. The summed E-state index contributed by atoms with van der Waals surface area (Å²) in [5.41, 5.74) is 0. The zero-order valence-corrected chi connectivity index (χ0v) is 15.0. The van der Waals surface area contributed by atoms with E-state index in [1.807, 2.05) is 0 Å². The van der Waals surface area contributed by atoms with Gasteiger partial charge in [-0.05, 0) is 29.7 Å². The first kappa shape index (κ1) is 24.4. The zero-order chi connectivity index (χ0) is 15.6. The smallest absolute Gasteiger partial charge is 0.0459 e. The number of hydrogen-bond donors (Lipinski definition) is 1. The lowest BCUT2D eigenvalue weighted by atomic mass is 9.95. The van der Waals surface area contributed by atoms with Gasteiger partial charge in [-0.2, -0.15) is 0 Å². The minimum atomic E-state index is 0. The molecule has 0 radical (unpaired) electrons. The van der Waals surface area contributed by atoms with Crippen LogP contribution in [0.2, 0.25) is 0 Å². The maximum Gasteiger partial charge on any atom is 0.0459 e. The van der Waals surface area contributed by atoms with Crippen molar-refractivity contribution in [3.05, 3.63) is 0 Å². The molecule has 0 rings (SSSR count). The molecule has 0 heterocycles. The van der Waals surface area contributed by atoms with Gasteiger partial charge >= 0.3 is 0 Å². The maximum atomic E-state index is 9.47. The highest BCUT2D eigenvalue weighted by molar-refractivity contribution is 5.75. The van der Waals surface area contributed by atoms with Gasteiger partial charge in [-0.15, -0.1) is 0 Å². The van der Waals surface area contributed by atoms with Crippen molar-refractivity contribution < 1.29 is 5.11 Å².